The van der Waals surface area contributed by atoms with Crippen LogP contribution >= 0.6 is 0 Å². The number of para-hydroxylation sites is 1. The van der Waals surface area contributed by atoms with Gasteiger partial charge in [0.25, 0.3) is 10.0 Å². The van der Waals surface area contributed by atoms with Crippen molar-refractivity contribution in [1.29, 1.82) is 5.26 Å². The van der Waals surface area contributed by atoms with Gasteiger partial charge >= 0.3 is 5.97 Å². The van der Waals surface area contributed by atoms with E-state index in [-0.39, 0.29) is 23.8 Å². The van der Waals surface area contributed by atoms with Crippen LogP contribution in [0.1, 0.15) is 25.2 Å². The van der Waals surface area contributed by atoms with E-state index in [1.54, 1.807) is 73.7 Å². The van der Waals surface area contributed by atoms with E-state index < -0.39 is 22.5 Å². The Morgan fingerprint density at radius 1 is 1.05 bits per heavy atom. The van der Waals surface area contributed by atoms with Crippen LogP contribution in [0, 0.1) is 11.3 Å². The van der Waals surface area contributed by atoms with E-state index in [1.165, 1.54) is 12.3 Å². The van der Waals surface area contributed by atoms with Gasteiger partial charge in [0.1, 0.15) is 29.6 Å². The quantitative estimate of drug-likeness (QED) is 0.219. The standard InChI is InChI=1S/C30H27N5O5S/c1-3-34-26-15-12-23(17-25(26)33-28(34)20-40-24-13-10-21(18-31)11-14-24)35(19-29(36)39-4-2)41(37,38)27-9-5-7-22-8-6-16-32-30(22)27/h5-17H,3-4,19-20H2,1-2H3. The lowest BCUT2D eigenvalue weighted by molar-refractivity contribution is -0.141. The van der Waals surface area contributed by atoms with Crippen molar-refractivity contribution in [2.45, 2.75) is 31.9 Å². The lowest BCUT2D eigenvalue weighted by atomic mass is 10.2. The summed E-state index contributed by atoms with van der Waals surface area (Å²) in [5.41, 5.74) is 2.44. The SMILES string of the molecule is CCOC(=O)CN(c1ccc2c(c1)nc(COc1ccc(C#N)cc1)n2CC)S(=O)(=O)c1cccc2cccnc12. The van der Waals surface area contributed by atoms with Crippen LogP contribution in [0.5, 0.6) is 5.75 Å². The Balaban J connectivity index is 1.54. The summed E-state index contributed by atoms with van der Waals surface area (Å²) in [6.07, 6.45) is 1.53. The van der Waals surface area contributed by atoms with Crippen LogP contribution in [-0.4, -0.2) is 42.1 Å². The van der Waals surface area contributed by atoms with Gasteiger partial charge in [0.05, 0.1) is 40.5 Å². The van der Waals surface area contributed by atoms with Gasteiger partial charge in [0.15, 0.2) is 0 Å². The zero-order chi connectivity index (χ0) is 29.0. The van der Waals surface area contributed by atoms with Crippen LogP contribution in [-0.2, 0) is 32.7 Å². The minimum absolute atomic E-state index is 0.0180. The highest BCUT2D eigenvalue weighted by atomic mass is 32.2. The molecular weight excluding hydrogens is 542 g/mol. The van der Waals surface area contributed by atoms with Gasteiger partial charge in [0, 0.05) is 18.1 Å². The number of carbonyl (C=O) groups excluding carboxylic acids is 1. The van der Waals surface area contributed by atoms with Crippen molar-refractivity contribution in [1.82, 2.24) is 14.5 Å². The molecule has 208 valence electrons. The maximum Gasteiger partial charge on any atom is 0.326 e. The Kier molecular flexibility index (Phi) is 7.85. The molecule has 0 aliphatic heterocycles. The average molecular weight is 570 g/mol. The molecule has 0 aliphatic carbocycles. The number of benzene rings is 3. The van der Waals surface area contributed by atoms with E-state index in [2.05, 4.69) is 11.1 Å². The molecule has 41 heavy (non-hydrogen) atoms. The molecule has 0 saturated heterocycles. The molecule has 0 fully saturated rings. The van der Waals surface area contributed by atoms with Gasteiger partial charge in [-0.1, -0.05) is 18.2 Å². The number of sulfonamides is 1. The van der Waals surface area contributed by atoms with Crippen LogP contribution in [0.2, 0.25) is 0 Å². The number of hydrogen-bond acceptors (Lipinski definition) is 8. The summed E-state index contributed by atoms with van der Waals surface area (Å²) in [5.74, 6) is 0.553. The molecule has 0 N–H and O–H groups in total. The summed E-state index contributed by atoms with van der Waals surface area (Å²) < 4.78 is 42.2. The van der Waals surface area contributed by atoms with Crippen LogP contribution in [0.25, 0.3) is 21.9 Å². The molecule has 0 atom stereocenters. The van der Waals surface area contributed by atoms with E-state index in [9.17, 15) is 13.2 Å². The highest BCUT2D eigenvalue weighted by molar-refractivity contribution is 7.93. The van der Waals surface area contributed by atoms with Gasteiger partial charge in [0.2, 0.25) is 0 Å². The molecule has 2 heterocycles. The average Bonchev–Trinajstić information content (AvgIpc) is 3.35. The molecular formula is C30H27N5O5S. The Morgan fingerprint density at radius 3 is 2.56 bits per heavy atom. The van der Waals surface area contributed by atoms with E-state index in [1.807, 2.05) is 11.5 Å². The van der Waals surface area contributed by atoms with Crippen LogP contribution in [0.4, 0.5) is 5.69 Å². The molecule has 2 aromatic heterocycles. The Labute approximate surface area is 237 Å². The van der Waals surface area contributed by atoms with Gasteiger partial charge < -0.3 is 14.0 Å². The van der Waals surface area contributed by atoms with Crippen molar-refractivity contribution < 1.29 is 22.7 Å². The van der Waals surface area contributed by atoms with Crippen molar-refractivity contribution in [3.8, 4) is 11.8 Å². The number of ether oxygens (including phenoxy) is 2. The third-order valence-corrected chi connectivity index (χ3v) is 8.31. The van der Waals surface area contributed by atoms with Crippen molar-refractivity contribution in [2.24, 2.45) is 0 Å². The summed E-state index contributed by atoms with van der Waals surface area (Å²) in [6.45, 7) is 4.01. The molecule has 0 spiro atoms. The number of imidazole rings is 1. The summed E-state index contributed by atoms with van der Waals surface area (Å²) >= 11 is 0. The fraction of sp³-hybridized carbons (Fsp3) is 0.200. The Hall–Kier alpha value is -4.95. The number of anilines is 1. The highest BCUT2D eigenvalue weighted by Crippen LogP contribution is 2.31. The lowest BCUT2D eigenvalue weighted by Gasteiger charge is -2.24. The number of aromatic nitrogens is 3. The molecule has 5 aromatic rings. The van der Waals surface area contributed by atoms with E-state index >= 15 is 0 Å². The minimum Gasteiger partial charge on any atom is -0.486 e. The van der Waals surface area contributed by atoms with Gasteiger partial charge in [-0.15, -0.1) is 0 Å². The van der Waals surface area contributed by atoms with E-state index in [4.69, 9.17) is 19.7 Å². The summed E-state index contributed by atoms with van der Waals surface area (Å²) in [7, 11) is -4.24. The maximum atomic E-state index is 14.1. The molecule has 3 aromatic carbocycles. The molecule has 0 radical (unpaired) electrons. The number of hydrogen-bond donors (Lipinski definition) is 0. The van der Waals surface area contributed by atoms with Gasteiger partial charge in [-0.05, 0) is 68.4 Å². The summed E-state index contributed by atoms with van der Waals surface area (Å²) in [4.78, 5) is 21.6. The Morgan fingerprint density at radius 2 is 1.83 bits per heavy atom. The highest BCUT2D eigenvalue weighted by Gasteiger charge is 2.30. The zero-order valence-corrected chi connectivity index (χ0v) is 23.3. The predicted molar refractivity (Wildman–Crippen MR) is 154 cm³/mol. The van der Waals surface area contributed by atoms with Gasteiger partial charge in [-0.3, -0.25) is 14.1 Å². The number of nitrogens with zero attached hydrogens (tertiary/aromatic N) is 5. The van der Waals surface area contributed by atoms with Crippen LogP contribution < -0.4 is 9.04 Å². The normalized spacial score (nSPS) is 11.3. The third kappa shape index (κ3) is 5.55. The second-order valence-electron chi connectivity index (χ2n) is 9.02. The number of fused-ring (bicyclic) bond motifs is 2. The Bertz CT molecular complexity index is 1870. The van der Waals surface area contributed by atoms with Crippen LogP contribution in [0.15, 0.2) is 83.9 Å². The molecule has 5 rings (SSSR count). The van der Waals surface area contributed by atoms with Crippen molar-refractivity contribution in [3.05, 3.63) is 90.4 Å². The van der Waals surface area contributed by atoms with Crippen molar-refractivity contribution in [2.75, 3.05) is 17.5 Å². The zero-order valence-electron chi connectivity index (χ0n) is 22.5. The number of nitriles is 1. The largest absolute Gasteiger partial charge is 0.486 e. The topological polar surface area (TPSA) is 127 Å². The molecule has 0 amide bonds. The second kappa shape index (κ2) is 11.7. The first-order valence-electron chi connectivity index (χ1n) is 13.0. The van der Waals surface area contributed by atoms with Gasteiger partial charge in [-0.2, -0.15) is 5.26 Å². The lowest BCUT2D eigenvalue weighted by Crippen LogP contribution is -2.36. The first-order valence-corrected chi connectivity index (χ1v) is 14.4. The van der Waals surface area contributed by atoms with Crippen molar-refractivity contribution in [3.63, 3.8) is 0 Å². The first kappa shape index (κ1) is 27.6. The molecule has 0 aliphatic rings. The second-order valence-corrected chi connectivity index (χ2v) is 10.8. The minimum atomic E-state index is -4.24. The number of pyridine rings is 1. The summed E-state index contributed by atoms with van der Waals surface area (Å²) in [5, 5.41) is 9.67. The number of carbonyl (C=O) groups is 1. The van der Waals surface area contributed by atoms with Gasteiger partial charge in [-0.25, -0.2) is 13.4 Å². The van der Waals surface area contributed by atoms with Crippen LogP contribution in [0.3, 0.4) is 0 Å². The number of rotatable bonds is 10. The van der Waals surface area contributed by atoms with E-state index in [0.717, 1.165) is 9.82 Å². The molecule has 10 nitrogen and oxygen atoms in total. The number of aryl methyl sites for hydroxylation is 1. The molecule has 0 bridgehead atoms. The molecule has 0 saturated carbocycles. The van der Waals surface area contributed by atoms with E-state index in [0.29, 0.717) is 40.1 Å². The maximum absolute atomic E-state index is 14.1. The third-order valence-electron chi connectivity index (χ3n) is 6.51. The molecule has 0 unspecified atom stereocenters. The monoisotopic (exact) mass is 569 g/mol. The predicted octanol–water partition coefficient (Wildman–Crippen LogP) is 4.81. The molecule has 11 heteroatoms. The fourth-order valence-corrected chi connectivity index (χ4v) is 6.17. The van der Waals surface area contributed by atoms with Crippen molar-refractivity contribution >= 4 is 43.6 Å². The first-order chi connectivity index (χ1) is 19.8. The fourth-order valence-electron chi connectivity index (χ4n) is 4.60. The number of esters is 1. The smallest absolute Gasteiger partial charge is 0.326 e. The summed E-state index contributed by atoms with van der Waals surface area (Å²) in [6, 6.07) is 22.3.